The Morgan fingerprint density at radius 2 is 1.14 bits per heavy atom. The summed E-state index contributed by atoms with van der Waals surface area (Å²) in [7, 11) is -2.23. The predicted octanol–water partition coefficient (Wildman–Crippen LogP) is 1.51. The highest BCUT2D eigenvalue weighted by molar-refractivity contribution is 7.96. The number of carbonyl (C=O) groups is 1. The van der Waals surface area contributed by atoms with Gasteiger partial charge in [-0.1, -0.05) is 54.6 Å². The van der Waals surface area contributed by atoms with Gasteiger partial charge in [0, 0.05) is 17.1 Å². The van der Waals surface area contributed by atoms with Crippen molar-refractivity contribution in [3.63, 3.8) is 0 Å². The molecule has 0 aliphatic carbocycles. The first kappa shape index (κ1) is 27.4. The molecule has 2 N–H and O–H groups in total. The maximum atomic E-state index is 13.8. The minimum Gasteiger partial charge on any atom is -1.00 e. The molecule has 186 valence electrons. The van der Waals surface area contributed by atoms with E-state index in [-0.39, 0.29) is 24.4 Å². The first-order valence-electron chi connectivity index (χ1n) is 12.0. The molecule has 0 atom stereocenters. The number of hydroxylamine groups is 2. The zero-order chi connectivity index (χ0) is 24.4. The van der Waals surface area contributed by atoms with Gasteiger partial charge in [-0.25, -0.2) is 0 Å². The fraction of sp³-hybridized carbons (Fsp3) is 0.345. The maximum Gasteiger partial charge on any atom is 0.259 e. The molecule has 3 aromatic rings. The number of hydrogen-bond donors (Lipinski definition) is 2. The number of amides is 1. The molecule has 1 aliphatic heterocycles. The van der Waals surface area contributed by atoms with Crippen molar-refractivity contribution in [2.24, 2.45) is 0 Å². The fourth-order valence-electron chi connectivity index (χ4n) is 5.63. The number of nitrogens with zero attached hydrogens (tertiary/aromatic N) is 1. The normalized spacial score (nSPS) is 17.9. The number of piperidine rings is 1. The van der Waals surface area contributed by atoms with Crippen molar-refractivity contribution >= 4 is 29.1 Å². The van der Waals surface area contributed by atoms with Gasteiger partial charge in [0.05, 0.1) is 0 Å². The lowest BCUT2D eigenvalue weighted by molar-refractivity contribution is -0.246. The molecule has 0 saturated carbocycles. The quantitative estimate of drug-likeness (QED) is 0.494. The van der Waals surface area contributed by atoms with Crippen LogP contribution in [0.4, 0.5) is 0 Å². The molecular weight excluding hydrogens is 475 g/mol. The zero-order valence-electron chi connectivity index (χ0n) is 21.0. The highest BCUT2D eigenvalue weighted by Crippen LogP contribution is 2.55. The van der Waals surface area contributed by atoms with E-state index in [9.17, 15) is 10.0 Å². The van der Waals surface area contributed by atoms with Crippen LogP contribution in [0.5, 0.6) is 0 Å². The smallest absolute Gasteiger partial charge is 0.259 e. The third-order valence-electron chi connectivity index (χ3n) is 6.98. The number of benzene rings is 3. The first-order valence-corrected chi connectivity index (χ1v) is 14.0. The van der Waals surface area contributed by atoms with Gasteiger partial charge in [0.2, 0.25) is 0 Å². The summed E-state index contributed by atoms with van der Waals surface area (Å²) in [4.78, 5) is 13.8. The lowest BCUT2D eigenvalue weighted by atomic mass is 9.79. The summed E-state index contributed by atoms with van der Waals surface area (Å²) >= 11 is 0. The van der Waals surface area contributed by atoms with Crippen molar-refractivity contribution in [2.75, 3.05) is 6.16 Å². The summed E-state index contributed by atoms with van der Waals surface area (Å²) in [6.07, 6.45) is 1.81. The molecule has 1 amide bonds. The van der Waals surface area contributed by atoms with E-state index in [0.29, 0.717) is 19.0 Å². The van der Waals surface area contributed by atoms with Gasteiger partial charge in [-0.15, -0.1) is 0 Å². The van der Waals surface area contributed by atoms with Gasteiger partial charge in [0.15, 0.2) is 6.16 Å². The first-order chi connectivity index (χ1) is 16.1. The van der Waals surface area contributed by atoms with E-state index >= 15 is 0 Å². The van der Waals surface area contributed by atoms with E-state index in [4.69, 9.17) is 0 Å². The van der Waals surface area contributed by atoms with E-state index in [1.165, 1.54) is 21.0 Å². The van der Waals surface area contributed by atoms with Gasteiger partial charge in [0.25, 0.3) is 5.91 Å². The molecular formula is C29H36ClN2O2P. The standard InChI is InChI=1S/C29H35N2O2P.ClH/c1-28(2)20-23(21-29(3,4)31(28)33)30-27(32)22-34(24-14-8-5-9-15-24,25-16-10-6-11-17-25)26-18-12-7-13-19-26;/h5-19,23,33H,20-22H2,1-4H3;1H. The van der Waals surface area contributed by atoms with Crippen molar-refractivity contribution in [1.82, 2.24) is 10.4 Å². The second-order valence-electron chi connectivity index (χ2n) is 10.6. The van der Waals surface area contributed by atoms with Crippen LogP contribution < -0.4 is 33.6 Å². The van der Waals surface area contributed by atoms with Crippen molar-refractivity contribution < 1.29 is 22.4 Å². The third kappa shape index (κ3) is 5.62. The molecule has 6 heteroatoms. The molecule has 1 aliphatic rings. The number of rotatable bonds is 6. The molecule has 4 nitrogen and oxygen atoms in total. The van der Waals surface area contributed by atoms with Crippen LogP contribution in [0, 0.1) is 0 Å². The van der Waals surface area contributed by atoms with Crippen LogP contribution in [0.15, 0.2) is 91.0 Å². The Morgan fingerprint density at radius 3 is 1.49 bits per heavy atom. The largest absolute Gasteiger partial charge is 1.00 e. The van der Waals surface area contributed by atoms with Gasteiger partial charge in [-0.05, 0) is 76.9 Å². The monoisotopic (exact) mass is 510 g/mol. The average molecular weight is 511 g/mol. The van der Waals surface area contributed by atoms with E-state index < -0.39 is 18.3 Å². The fourth-order valence-corrected chi connectivity index (χ4v) is 9.64. The number of nitrogens with one attached hydrogen (secondary N) is 1. The van der Waals surface area contributed by atoms with E-state index in [1.807, 2.05) is 45.9 Å². The molecule has 35 heavy (non-hydrogen) atoms. The molecule has 1 saturated heterocycles. The zero-order valence-corrected chi connectivity index (χ0v) is 22.6. The topological polar surface area (TPSA) is 52.6 Å². The van der Waals surface area contributed by atoms with Crippen molar-refractivity contribution in [3.8, 4) is 0 Å². The Kier molecular flexibility index (Phi) is 8.44. The molecule has 0 bridgehead atoms. The van der Waals surface area contributed by atoms with E-state index in [0.717, 1.165) is 0 Å². The van der Waals surface area contributed by atoms with Gasteiger partial charge < -0.3 is 22.9 Å². The van der Waals surface area contributed by atoms with Gasteiger partial charge in [-0.2, -0.15) is 5.06 Å². The van der Waals surface area contributed by atoms with Crippen LogP contribution in [0.2, 0.25) is 0 Å². The maximum absolute atomic E-state index is 13.8. The van der Waals surface area contributed by atoms with E-state index in [2.05, 4.69) is 78.1 Å². The Balaban J connectivity index is 0.00000342. The second kappa shape index (κ2) is 10.8. The summed E-state index contributed by atoms with van der Waals surface area (Å²) in [6, 6.07) is 31.5. The Labute approximate surface area is 216 Å². The Morgan fingerprint density at radius 1 is 0.800 bits per heavy atom. The molecule has 4 rings (SSSR count). The molecule has 0 radical (unpaired) electrons. The molecule has 0 unspecified atom stereocenters. The minimum absolute atomic E-state index is 0. The lowest BCUT2D eigenvalue weighted by Gasteiger charge is -2.51. The Hall–Kier alpha value is -2.23. The average Bonchev–Trinajstić information content (AvgIpc) is 2.82. The summed E-state index contributed by atoms with van der Waals surface area (Å²) in [5, 5.41) is 19.1. The van der Waals surface area contributed by atoms with Crippen LogP contribution in [-0.2, 0) is 4.79 Å². The van der Waals surface area contributed by atoms with Crippen LogP contribution in [-0.4, -0.2) is 39.5 Å². The Bertz CT molecular complexity index is 993. The summed E-state index contributed by atoms with van der Waals surface area (Å²) < 4.78 is 0. The van der Waals surface area contributed by atoms with Crippen molar-refractivity contribution in [2.45, 2.75) is 57.7 Å². The van der Waals surface area contributed by atoms with Crippen molar-refractivity contribution in [3.05, 3.63) is 91.0 Å². The number of hydrogen-bond acceptors (Lipinski definition) is 3. The van der Waals surface area contributed by atoms with Crippen LogP contribution in [0.25, 0.3) is 0 Å². The minimum atomic E-state index is -2.23. The van der Waals surface area contributed by atoms with Crippen LogP contribution >= 0.6 is 7.26 Å². The second-order valence-corrected chi connectivity index (χ2v) is 14.1. The third-order valence-corrected chi connectivity index (χ3v) is 11.3. The highest BCUT2D eigenvalue weighted by Gasteiger charge is 2.49. The lowest BCUT2D eigenvalue weighted by Crippen LogP contribution is -3.00. The summed E-state index contributed by atoms with van der Waals surface area (Å²) in [5.41, 5.74) is -0.825. The molecule has 1 fully saturated rings. The highest BCUT2D eigenvalue weighted by atomic mass is 35.5. The number of halogens is 1. The number of carbonyl (C=O) groups excluding carboxylic acids is 1. The molecule has 1 heterocycles. The predicted molar refractivity (Wildman–Crippen MR) is 143 cm³/mol. The van der Waals surface area contributed by atoms with Gasteiger partial charge >= 0.3 is 0 Å². The molecule has 0 spiro atoms. The summed E-state index contributed by atoms with van der Waals surface area (Å²) in [5.74, 6) is 0.0629. The summed E-state index contributed by atoms with van der Waals surface area (Å²) in [6.45, 7) is 8.12. The van der Waals surface area contributed by atoms with Gasteiger partial charge in [-0.3, -0.25) is 4.79 Å². The molecule has 0 aromatic heterocycles. The van der Waals surface area contributed by atoms with Crippen molar-refractivity contribution in [1.29, 1.82) is 0 Å². The van der Waals surface area contributed by atoms with Crippen LogP contribution in [0.3, 0.4) is 0 Å². The SMILES string of the molecule is CC1(C)CC(NC(=O)C[P+](c2ccccc2)(c2ccccc2)c2ccccc2)CC(C)(C)N1O.[Cl-]. The molecule has 3 aromatic carbocycles. The van der Waals surface area contributed by atoms with E-state index in [1.54, 1.807) is 0 Å². The van der Waals surface area contributed by atoms with Crippen LogP contribution in [0.1, 0.15) is 40.5 Å². The van der Waals surface area contributed by atoms with Gasteiger partial charge in [0.1, 0.15) is 23.2 Å².